The molecule has 1 N–H and O–H groups in total. The van der Waals surface area contributed by atoms with Crippen LogP contribution in [-0.2, 0) is 6.54 Å². The number of likely N-dealkylation sites (tertiary alicyclic amines) is 1. The van der Waals surface area contributed by atoms with E-state index in [2.05, 4.69) is 21.0 Å². The van der Waals surface area contributed by atoms with Crippen LogP contribution in [0.3, 0.4) is 0 Å². The van der Waals surface area contributed by atoms with E-state index < -0.39 is 0 Å². The Morgan fingerprint density at radius 3 is 2.84 bits per heavy atom. The summed E-state index contributed by atoms with van der Waals surface area (Å²) in [7, 11) is 0. The highest BCUT2D eigenvalue weighted by Gasteiger charge is 2.40. The van der Waals surface area contributed by atoms with Crippen LogP contribution < -0.4 is 5.56 Å². The maximum absolute atomic E-state index is 12.4. The first-order chi connectivity index (χ1) is 15.0. The van der Waals surface area contributed by atoms with E-state index >= 15 is 0 Å². The third kappa shape index (κ3) is 2.95. The van der Waals surface area contributed by atoms with Gasteiger partial charge in [-0.15, -0.1) is 5.10 Å². The third-order valence-corrected chi connectivity index (χ3v) is 7.53. The molecular formula is C22H23N5O3S. The highest BCUT2D eigenvalue weighted by atomic mass is 32.1. The molecule has 2 bridgehead atoms. The Labute approximate surface area is 182 Å². The van der Waals surface area contributed by atoms with E-state index in [0.717, 1.165) is 48.1 Å². The first-order valence-corrected chi connectivity index (χ1v) is 11.3. The first kappa shape index (κ1) is 18.8. The second-order valence-electron chi connectivity index (χ2n) is 8.65. The molecule has 0 aromatic carbocycles. The lowest BCUT2D eigenvalue weighted by atomic mass is 9.82. The SMILES string of the molecule is Cc1nc2sc(C(c3ccc(C)o3)N3C[C@@H]4C[C@@H](C3)c3cccc(=O)n3C4)c(O)n2n1. The Morgan fingerprint density at radius 2 is 2.06 bits per heavy atom. The predicted octanol–water partition coefficient (Wildman–Crippen LogP) is 3.08. The molecule has 2 aliphatic rings. The van der Waals surface area contributed by atoms with Gasteiger partial charge in [0.2, 0.25) is 10.8 Å². The molecule has 160 valence electrons. The van der Waals surface area contributed by atoms with Crippen molar-refractivity contribution in [3.63, 3.8) is 0 Å². The number of aryl methyl sites for hydroxylation is 2. The largest absolute Gasteiger partial charge is 0.492 e. The summed E-state index contributed by atoms with van der Waals surface area (Å²) in [6.45, 7) is 6.09. The number of fused-ring (bicyclic) bond motifs is 5. The molecule has 4 aromatic rings. The van der Waals surface area contributed by atoms with Crippen LogP contribution in [0.5, 0.6) is 5.88 Å². The van der Waals surface area contributed by atoms with Crippen molar-refractivity contribution >= 4 is 16.3 Å². The Bertz CT molecular complexity index is 1350. The minimum atomic E-state index is -0.227. The van der Waals surface area contributed by atoms with Crippen LogP contribution in [0.4, 0.5) is 0 Å². The molecule has 8 nitrogen and oxygen atoms in total. The van der Waals surface area contributed by atoms with Crippen molar-refractivity contribution in [1.82, 2.24) is 24.1 Å². The summed E-state index contributed by atoms with van der Waals surface area (Å²) >= 11 is 1.45. The van der Waals surface area contributed by atoms with Gasteiger partial charge < -0.3 is 14.1 Å². The highest BCUT2D eigenvalue weighted by Crippen LogP contribution is 2.45. The van der Waals surface area contributed by atoms with Crippen LogP contribution in [0, 0.1) is 19.8 Å². The number of hydrogen-bond donors (Lipinski definition) is 1. The molecular weight excluding hydrogens is 414 g/mol. The predicted molar refractivity (Wildman–Crippen MR) is 116 cm³/mol. The quantitative estimate of drug-likeness (QED) is 0.530. The zero-order chi connectivity index (χ0) is 21.3. The summed E-state index contributed by atoms with van der Waals surface area (Å²) in [5, 5.41) is 15.4. The Morgan fingerprint density at radius 1 is 1.19 bits per heavy atom. The van der Waals surface area contributed by atoms with E-state index in [4.69, 9.17) is 4.42 Å². The van der Waals surface area contributed by atoms with Crippen LogP contribution in [0.25, 0.3) is 4.96 Å². The lowest BCUT2D eigenvalue weighted by molar-refractivity contribution is 0.0868. The van der Waals surface area contributed by atoms with Gasteiger partial charge >= 0.3 is 0 Å². The normalized spacial score (nSPS) is 22.0. The first-order valence-electron chi connectivity index (χ1n) is 10.5. The molecule has 0 saturated carbocycles. The molecule has 31 heavy (non-hydrogen) atoms. The van der Waals surface area contributed by atoms with Gasteiger partial charge in [0, 0.05) is 37.3 Å². The van der Waals surface area contributed by atoms with E-state index in [0.29, 0.717) is 16.7 Å². The Kier molecular flexibility index (Phi) is 4.13. The summed E-state index contributed by atoms with van der Waals surface area (Å²) in [6, 6.07) is 9.29. The number of hydrogen-bond acceptors (Lipinski definition) is 7. The fourth-order valence-electron chi connectivity index (χ4n) is 5.25. The molecule has 1 unspecified atom stereocenters. The van der Waals surface area contributed by atoms with Gasteiger partial charge in [0.15, 0.2) is 0 Å². The van der Waals surface area contributed by atoms with Crippen molar-refractivity contribution in [3.8, 4) is 5.88 Å². The van der Waals surface area contributed by atoms with Gasteiger partial charge in [-0.25, -0.2) is 4.98 Å². The zero-order valence-corrected chi connectivity index (χ0v) is 18.2. The topological polar surface area (TPSA) is 88.8 Å². The number of thiazole rings is 1. The van der Waals surface area contributed by atoms with E-state index in [1.165, 1.54) is 15.9 Å². The highest BCUT2D eigenvalue weighted by molar-refractivity contribution is 7.17. The van der Waals surface area contributed by atoms with E-state index in [1.54, 1.807) is 6.07 Å². The van der Waals surface area contributed by atoms with E-state index in [9.17, 15) is 9.90 Å². The van der Waals surface area contributed by atoms with Crippen molar-refractivity contribution < 1.29 is 9.52 Å². The van der Waals surface area contributed by atoms with Crippen LogP contribution in [0.15, 0.2) is 39.5 Å². The van der Waals surface area contributed by atoms with Gasteiger partial charge in [-0.3, -0.25) is 9.69 Å². The van der Waals surface area contributed by atoms with E-state index in [1.807, 2.05) is 36.6 Å². The lowest BCUT2D eigenvalue weighted by Crippen LogP contribution is -2.48. The average Bonchev–Trinajstić information content (AvgIpc) is 3.40. The smallest absolute Gasteiger partial charge is 0.250 e. The molecule has 6 rings (SSSR count). The number of furan rings is 1. The van der Waals surface area contributed by atoms with Crippen LogP contribution in [0.2, 0.25) is 0 Å². The van der Waals surface area contributed by atoms with Crippen molar-refractivity contribution in [2.24, 2.45) is 5.92 Å². The summed E-state index contributed by atoms with van der Waals surface area (Å²) in [4.78, 5) is 20.7. The molecule has 0 aliphatic carbocycles. The molecule has 4 aromatic heterocycles. The van der Waals surface area contributed by atoms with Crippen LogP contribution in [0.1, 0.15) is 46.3 Å². The summed E-state index contributed by atoms with van der Waals surface area (Å²) in [5.41, 5.74) is 1.18. The number of piperidine rings is 1. The maximum atomic E-state index is 12.4. The van der Waals surface area contributed by atoms with Crippen molar-refractivity contribution in [1.29, 1.82) is 0 Å². The molecule has 6 heterocycles. The third-order valence-electron chi connectivity index (χ3n) is 6.46. The maximum Gasteiger partial charge on any atom is 0.250 e. The number of aromatic nitrogens is 4. The van der Waals surface area contributed by atoms with Crippen molar-refractivity contribution in [2.45, 2.75) is 38.8 Å². The molecule has 1 fully saturated rings. The number of aromatic hydroxyl groups is 1. The second-order valence-corrected chi connectivity index (χ2v) is 9.66. The number of pyridine rings is 1. The Hall–Kier alpha value is -2.91. The molecule has 1 saturated heterocycles. The standard InChI is InChI=1S/C22H23N5O3S/c1-12-6-7-17(30-12)19(20-21(29)27-22(31-20)23-13(2)24-27)25-9-14-8-15(11-25)16-4-3-5-18(28)26(16)10-14/h3-7,14-15,19,29H,8-11H2,1-2H3/t14-,15-,19?/m0/s1. The average molecular weight is 438 g/mol. The molecule has 9 heteroatoms. The number of rotatable bonds is 3. The monoisotopic (exact) mass is 437 g/mol. The Balaban J connectivity index is 1.44. The molecule has 0 radical (unpaired) electrons. The fourth-order valence-corrected chi connectivity index (χ4v) is 6.39. The van der Waals surface area contributed by atoms with Crippen molar-refractivity contribution in [3.05, 3.63) is 68.6 Å². The fraction of sp³-hybridized carbons (Fsp3) is 0.409. The molecule has 0 amide bonds. The molecule has 3 atom stereocenters. The summed E-state index contributed by atoms with van der Waals surface area (Å²) in [5.74, 6) is 3.03. The molecule has 0 spiro atoms. The number of nitrogens with zero attached hydrogens (tertiary/aromatic N) is 5. The van der Waals surface area contributed by atoms with Gasteiger partial charge in [-0.05, 0) is 44.4 Å². The van der Waals surface area contributed by atoms with Crippen LogP contribution in [-0.4, -0.2) is 42.3 Å². The van der Waals surface area contributed by atoms with E-state index in [-0.39, 0.29) is 23.4 Å². The van der Waals surface area contributed by atoms with Gasteiger partial charge in [0.25, 0.3) is 5.56 Å². The van der Waals surface area contributed by atoms with Crippen molar-refractivity contribution in [2.75, 3.05) is 13.1 Å². The lowest BCUT2D eigenvalue weighted by Gasteiger charge is -2.45. The minimum Gasteiger partial charge on any atom is -0.492 e. The summed E-state index contributed by atoms with van der Waals surface area (Å²) < 4.78 is 9.51. The second kappa shape index (κ2) is 6.80. The molecule has 2 aliphatic heterocycles. The van der Waals surface area contributed by atoms with Gasteiger partial charge in [-0.2, -0.15) is 4.52 Å². The van der Waals surface area contributed by atoms with Gasteiger partial charge in [0.05, 0.1) is 4.88 Å². The summed E-state index contributed by atoms with van der Waals surface area (Å²) in [6.07, 6.45) is 1.07. The zero-order valence-electron chi connectivity index (χ0n) is 17.4. The van der Waals surface area contributed by atoms with Gasteiger partial charge in [0.1, 0.15) is 23.4 Å². The van der Waals surface area contributed by atoms with Gasteiger partial charge in [-0.1, -0.05) is 17.4 Å². The minimum absolute atomic E-state index is 0.0810. The van der Waals surface area contributed by atoms with Crippen LogP contribution >= 0.6 is 11.3 Å².